The van der Waals surface area contributed by atoms with Crippen LogP contribution in [0.4, 0.5) is 10.1 Å². The average Bonchev–Trinajstić information content (AvgIpc) is 2.37. The number of aryl methyl sites for hydroxylation is 1. The minimum absolute atomic E-state index is 0.105. The quantitative estimate of drug-likeness (QED) is 0.840. The Hall–Kier alpha value is -1.61. The number of nitrogens with zero attached hydrogens (tertiary/aromatic N) is 1. The molecule has 1 fully saturated rings. The SMILES string of the molecule is Cc1ccnc(Cl)c1NC1CC(c2ccccc2F)C1. The summed E-state index contributed by atoms with van der Waals surface area (Å²) in [7, 11) is 0. The van der Waals surface area contributed by atoms with E-state index in [1.807, 2.05) is 25.1 Å². The first-order valence-electron chi connectivity index (χ1n) is 6.77. The average molecular weight is 291 g/mol. The molecule has 0 spiro atoms. The fourth-order valence-corrected chi connectivity index (χ4v) is 2.96. The van der Waals surface area contributed by atoms with Crippen LogP contribution in [0.2, 0.25) is 5.15 Å². The fourth-order valence-electron chi connectivity index (χ4n) is 2.70. The van der Waals surface area contributed by atoms with Gasteiger partial charge in [-0.15, -0.1) is 0 Å². The first-order chi connectivity index (χ1) is 9.65. The van der Waals surface area contributed by atoms with Gasteiger partial charge in [-0.3, -0.25) is 0 Å². The third-order valence-corrected chi connectivity index (χ3v) is 4.23. The first-order valence-corrected chi connectivity index (χ1v) is 7.15. The van der Waals surface area contributed by atoms with Crippen LogP contribution in [0.5, 0.6) is 0 Å². The van der Waals surface area contributed by atoms with Crippen molar-refractivity contribution in [1.82, 2.24) is 4.98 Å². The lowest BCUT2D eigenvalue weighted by Crippen LogP contribution is -2.34. The van der Waals surface area contributed by atoms with Crippen molar-refractivity contribution in [2.24, 2.45) is 0 Å². The van der Waals surface area contributed by atoms with Gasteiger partial charge in [0.05, 0.1) is 5.69 Å². The van der Waals surface area contributed by atoms with Crippen LogP contribution in [0, 0.1) is 12.7 Å². The Kier molecular flexibility index (Phi) is 3.62. The molecule has 0 bridgehead atoms. The molecule has 4 heteroatoms. The topological polar surface area (TPSA) is 24.9 Å². The highest BCUT2D eigenvalue weighted by atomic mass is 35.5. The molecule has 1 N–H and O–H groups in total. The molecular weight excluding hydrogens is 275 g/mol. The monoisotopic (exact) mass is 290 g/mol. The highest BCUT2D eigenvalue weighted by Gasteiger charge is 2.32. The normalized spacial score (nSPS) is 21.4. The third kappa shape index (κ3) is 2.50. The summed E-state index contributed by atoms with van der Waals surface area (Å²) < 4.78 is 13.7. The zero-order chi connectivity index (χ0) is 14.1. The van der Waals surface area contributed by atoms with Crippen molar-refractivity contribution in [3.63, 3.8) is 0 Å². The highest BCUT2D eigenvalue weighted by molar-refractivity contribution is 6.32. The number of benzene rings is 1. The Labute approximate surface area is 123 Å². The van der Waals surface area contributed by atoms with Crippen molar-refractivity contribution < 1.29 is 4.39 Å². The van der Waals surface area contributed by atoms with E-state index in [1.54, 1.807) is 12.3 Å². The van der Waals surface area contributed by atoms with Gasteiger partial charge in [0.25, 0.3) is 0 Å². The van der Waals surface area contributed by atoms with Gasteiger partial charge in [0.15, 0.2) is 5.15 Å². The molecule has 0 saturated heterocycles. The van der Waals surface area contributed by atoms with Gasteiger partial charge in [-0.05, 0) is 48.9 Å². The number of anilines is 1. The van der Waals surface area contributed by atoms with Gasteiger partial charge < -0.3 is 5.32 Å². The molecule has 1 aliphatic carbocycles. The minimum Gasteiger partial charge on any atom is -0.380 e. The largest absolute Gasteiger partial charge is 0.380 e. The number of rotatable bonds is 3. The minimum atomic E-state index is -0.105. The lowest BCUT2D eigenvalue weighted by molar-refractivity contribution is 0.363. The van der Waals surface area contributed by atoms with E-state index in [-0.39, 0.29) is 5.82 Å². The van der Waals surface area contributed by atoms with Crippen LogP contribution < -0.4 is 5.32 Å². The van der Waals surface area contributed by atoms with E-state index in [1.165, 1.54) is 6.07 Å². The standard InChI is InChI=1S/C16H16ClFN2/c1-10-6-7-19-16(17)15(10)20-12-8-11(9-12)13-4-2-3-5-14(13)18/h2-7,11-12,20H,8-9H2,1H3. The molecule has 0 unspecified atom stereocenters. The number of hydrogen-bond donors (Lipinski definition) is 1. The first kappa shape index (κ1) is 13.4. The van der Waals surface area contributed by atoms with Crippen LogP contribution in [0.3, 0.4) is 0 Å². The molecule has 0 aliphatic heterocycles. The van der Waals surface area contributed by atoms with E-state index >= 15 is 0 Å². The summed E-state index contributed by atoms with van der Waals surface area (Å²) in [4.78, 5) is 4.09. The van der Waals surface area contributed by atoms with Gasteiger partial charge in [0.2, 0.25) is 0 Å². The van der Waals surface area contributed by atoms with Gasteiger partial charge in [-0.1, -0.05) is 29.8 Å². The van der Waals surface area contributed by atoms with Crippen LogP contribution >= 0.6 is 11.6 Å². The number of aromatic nitrogens is 1. The summed E-state index contributed by atoms with van der Waals surface area (Å²) >= 11 is 6.10. The predicted octanol–water partition coefficient (Wildman–Crippen LogP) is 4.54. The molecule has 1 aromatic carbocycles. The molecular formula is C16H16ClFN2. The van der Waals surface area contributed by atoms with Crippen molar-refractivity contribution >= 4 is 17.3 Å². The maximum Gasteiger partial charge on any atom is 0.152 e. The van der Waals surface area contributed by atoms with Gasteiger partial charge in [0.1, 0.15) is 5.82 Å². The molecule has 0 radical (unpaired) electrons. The third-order valence-electron chi connectivity index (χ3n) is 3.94. The molecule has 0 amide bonds. The Bertz CT molecular complexity index is 603. The molecule has 2 nitrogen and oxygen atoms in total. The summed E-state index contributed by atoms with van der Waals surface area (Å²) in [5, 5.41) is 3.92. The summed E-state index contributed by atoms with van der Waals surface area (Å²) in [6.45, 7) is 2.00. The molecule has 1 aliphatic rings. The van der Waals surface area contributed by atoms with Crippen LogP contribution in [-0.4, -0.2) is 11.0 Å². The summed E-state index contributed by atoms with van der Waals surface area (Å²) in [5.41, 5.74) is 2.80. The van der Waals surface area contributed by atoms with Crippen molar-refractivity contribution in [3.05, 3.63) is 58.6 Å². The second-order valence-electron chi connectivity index (χ2n) is 5.32. The Balaban J connectivity index is 1.66. The maximum atomic E-state index is 13.7. The number of nitrogens with one attached hydrogen (secondary N) is 1. The Morgan fingerprint density at radius 2 is 2.00 bits per heavy atom. The molecule has 1 aromatic heterocycles. The van der Waals surface area contributed by atoms with E-state index < -0.39 is 0 Å². The summed E-state index contributed by atoms with van der Waals surface area (Å²) in [6, 6.07) is 9.28. The van der Waals surface area contributed by atoms with Crippen LogP contribution in [0.15, 0.2) is 36.5 Å². The number of pyridine rings is 1. The van der Waals surface area contributed by atoms with Gasteiger partial charge in [-0.25, -0.2) is 9.37 Å². The zero-order valence-electron chi connectivity index (χ0n) is 11.2. The molecule has 2 aromatic rings. The van der Waals surface area contributed by atoms with Gasteiger partial charge in [-0.2, -0.15) is 0 Å². The van der Waals surface area contributed by atoms with Gasteiger partial charge in [0, 0.05) is 12.2 Å². The second-order valence-corrected chi connectivity index (χ2v) is 5.68. The lowest BCUT2D eigenvalue weighted by Gasteiger charge is -2.37. The second kappa shape index (κ2) is 5.41. The predicted molar refractivity (Wildman–Crippen MR) is 79.8 cm³/mol. The van der Waals surface area contributed by atoms with Crippen molar-refractivity contribution in [1.29, 1.82) is 0 Å². The van der Waals surface area contributed by atoms with E-state index in [9.17, 15) is 4.39 Å². The molecule has 0 atom stereocenters. The maximum absolute atomic E-state index is 13.7. The smallest absolute Gasteiger partial charge is 0.152 e. The van der Waals surface area contributed by atoms with E-state index in [0.717, 1.165) is 29.7 Å². The molecule has 20 heavy (non-hydrogen) atoms. The van der Waals surface area contributed by atoms with Gasteiger partial charge >= 0.3 is 0 Å². The summed E-state index contributed by atoms with van der Waals surface area (Å²) in [6.07, 6.45) is 3.54. The molecule has 3 rings (SSSR count). The number of halogens is 2. The van der Waals surface area contributed by atoms with Crippen molar-refractivity contribution in [2.75, 3.05) is 5.32 Å². The Morgan fingerprint density at radius 1 is 1.25 bits per heavy atom. The zero-order valence-corrected chi connectivity index (χ0v) is 12.0. The highest BCUT2D eigenvalue weighted by Crippen LogP contribution is 2.40. The van der Waals surface area contributed by atoms with E-state index in [2.05, 4.69) is 10.3 Å². The molecule has 1 heterocycles. The lowest BCUT2D eigenvalue weighted by atomic mass is 9.75. The van der Waals surface area contributed by atoms with E-state index in [0.29, 0.717) is 17.1 Å². The van der Waals surface area contributed by atoms with Crippen molar-refractivity contribution in [2.45, 2.75) is 31.7 Å². The fraction of sp³-hybridized carbons (Fsp3) is 0.312. The van der Waals surface area contributed by atoms with Crippen LogP contribution in [0.25, 0.3) is 0 Å². The number of hydrogen-bond acceptors (Lipinski definition) is 2. The van der Waals surface area contributed by atoms with Crippen LogP contribution in [-0.2, 0) is 0 Å². The molecule has 104 valence electrons. The van der Waals surface area contributed by atoms with Crippen molar-refractivity contribution in [3.8, 4) is 0 Å². The van der Waals surface area contributed by atoms with Crippen LogP contribution in [0.1, 0.15) is 29.9 Å². The van der Waals surface area contributed by atoms with E-state index in [4.69, 9.17) is 11.6 Å². The molecule has 1 saturated carbocycles. The Morgan fingerprint density at radius 3 is 2.70 bits per heavy atom. The summed E-state index contributed by atoms with van der Waals surface area (Å²) in [5.74, 6) is 0.191.